The molecule has 0 saturated heterocycles. The van der Waals surface area contributed by atoms with E-state index in [1.165, 1.54) is 6.07 Å². The molecule has 0 atom stereocenters. The van der Waals surface area contributed by atoms with Gasteiger partial charge in [-0.15, -0.1) is 0 Å². The minimum absolute atomic E-state index is 0.101. The number of rotatable bonds is 2. The highest BCUT2D eigenvalue weighted by molar-refractivity contribution is 6.32. The summed E-state index contributed by atoms with van der Waals surface area (Å²) in [6.07, 6.45) is 2.62. The summed E-state index contributed by atoms with van der Waals surface area (Å²) in [4.78, 5) is 10.1. The molecule has 1 aliphatic carbocycles. The van der Waals surface area contributed by atoms with Gasteiger partial charge in [0.1, 0.15) is 5.02 Å². The van der Waals surface area contributed by atoms with Crippen molar-refractivity contribution in [3.8, 4) is 6.07 Å². The quantitative estimate of drug-likeness (QED) is 0.585. The smallest absolute Gasteiger partial charge is 0.258 e. The van der Waals surface area contributed by atoms with E-state index in [-0.39, 0.29) is 10.7 Å². The molecule has 1 saturated carbocycles. The molecule has 0 spiro atoms. The second-order valence-electron chi connectivity index (χ2n) is 3.97. The first kappa shape index (κ1) is 10.9. The van der Waals surface area contributed by atoms with E-state index in [1.54, 1.807) is 12.1 Å². The lowest BCUT2D eigenvalue weighted by atomic mass is 9.65. The molecule has 5 heteroatoms. The van der Waals surface area contributed by atoms with Gasteiger partial charge < -0.3 is 0 Å². The molecule has 0 aliphatic heterocycles. The fraction of sp³-hybridized carbons (Fsp3) is 0.364. The molecule has 1 aromatic carbocycles. The summed E-state index contributed by atoms with van der Waals surface area (Å²) in [6.45, 7) is 0. The predicted molar refractivity (Wildman–Crippen MR) is 59.2 cm³/mol. The highest BCUT2D eigenvalue weighted by Gasteiger charge is 2.39. The van der Waals surface area contributed by atoms with Gasteiger partial charge in [0.2, 0.25) is 0 Å². The number of halogens is 1. The van der Waals surface area contributed by atoms with E-state index < -0.39 is 10.3 Å². The molecule has 4 nitrogen and oxygen atoms in total. The molecular weight excluding hydrogens is 228 g/mol. The Morgan fingerprint density at radius 3 is 2.56 bits per heavy atom. The first-order valence-electron chi connectivity index (χ1n) is 4.95. The molecule has 16 heavy (non-hydrogen) atoms. The van der Waals surface area contributed by atoms with Gasteiger partial charge in [-0.3, -0.25) is 10.1 Å². The third-order valence-electron chi connectivity index (χ3n) is 3.12. The molecule has 0 bridgehead atoms. The molecule has 1 fully saturated rings. The zero-order valence-corrected chi connectivity index (χ0v) is 9.20. The summed E-state index contributed by atoms with van der Waals surface area (Å²) >= 11 is 5.82. The Bertz CT molecular complexity index is 489. The van der Waals surface area contributed by atoms with Crippen LogP contribution < -0.4 is 0 Å². The minimum atomic E-state index is -0.522. The molecule has 0 heterocycles. The molecule has 82 valence electrons. The lowest BCUT2D eigenvalue weighted by Crippen LogP contribution is -2.32. The summed E-state index contributed by atoms with van der Waals surface area (Å²) in [5.74, 6) is 0. The normalized spacial score (nSPS) is 17.2. The molecule has 0 N–H and O–H groups in total. The molecule has 0 unspecified atom stereocenters. The van der Waals surface area contributed by atoms with Gasteiger partial charge in [-0.2, -0.15) is 5.26 Å². The van der Waals surface area contributed by atoms with E-state index in [9.17, 15) is 10.1 Å². The number of hydrogen-bond acceptors (Lipinski definition) is 3. The van der Waals surface area contributed by atoms with Gasteiger partial charge in [0.25, 0.3) is 5.69 Å². The van der Waals surface area contributed by atoms with E-state index in [0.29, 0.717) is 0 Å². The van der Waals surface area contributed by atoms with Crippen LogP contribution in [-0.2, 0) is 5.41 Å². The average Bonchev–Trinajstić information content (AvgIpc) is 2.16. The molecule has 0 aromatic heterocycles. The van der Waals surface area contributed by atoms with Crippen molar-refractivity contribution in [2.75, 3.05) is 0 Å². The Morgan fingerprint density at radius 2 is 2.19 bits per heavy atom. The van der Waals surface area contributed by atoms with E-state index in [1.807, 2.05) is 0 Å². The third-order valence-corrected chi connectivity index (χ3v) is 3.42. The fourth-order valence-corrected chi connectivity index (χ4v) is 2.20. The van der Waals surface area contributed by atoms with Gasteiger partial charge in [-0.25, -0.2) is 0 Å². The van der Waals surface area contributed by atoms with Gasteiger partial charge >= 0.3 is 0 Å². The first-order chi connectivity index (χ1) is 7.59. The van der Waals surface area contributed by atoms with Crippen LogP contribution in [-0.4, -0.2) is 4.92 Å². The zero-order valence-electron chi connectivity index (χ0n) is 8.44. The Kier molecular flexibility index (Phi) is 2.56. The van der Waals surface area contributed by atoms with Crippen LogP contribution in [0.2, 0.25) is 5.02 Å². The van der Waals surface area contributed by atoms with Crippen molar-refractivity contribution in [3.63, 3.8) is 0 Å². The van der Waals surface area contributed by atoms with Crippen molar-refractivity contribution < 1.29 is 4.92 Å². The number of benzene rings is 1. The van der Waals surface area contributed by atoms with Crippen LogP contribution in [0.5, 0.6) is 0 Å². The molecule has 2 rings (SSSR count). The van der Waals surface area contributed by atoms with Crippen LogP contribution in [0.4, 0.5) is 5.69 Å². The van der Waals surface area contributed by atoms with E-state index in [0.717, 1.165) is 24.8 Å². The SMILES string of the molecule is N#CC1(c2ccc([N+](=O)[O-])c(Cl)c2)CCC1. The van der Waals surface area contributed by atoms with Crippen molar-refractivity contribution in [3.05, 3.63) is 38.9 Å². The number of nitrogens with zero attached hydrogens (tertiary/aromatic N) is 2. The van der Waals surface area contributed by atoms with E-state index in [4.69, 9.17) is 16.9 Å². The van der Waals surface area contributed by atoms with Crippen LogP contribution in [0.1, 0.15) is 24.8 Å². The Hall–Kier alpha value is -1.60. The zero-order chi connectivity index (χ0) is 11.8. The highest BCUT2D eigenvalue weighted by atomic mass is 35.5. The second kappa shape index (κ2) is 3.76. The number of nitro groups is 1. The van der Waals surface area contributed by atoms with Gasteiger partial charge in [-0.1, -0.05) is 17.7 Å². The summed E-state index contributed by atoms with van der Waals surface area (Å²) in [7, 11) is 0. The van der Waals surface area contributed by atoms with Gasteiger partial charge in [0.05, 0.1) is 16.4 Å². The number of hydrogen-bond donors (Lipinski definition) is 0. The standard InChI is InChI=1S/C11H9ClN2O2/c12-9-6-8(2-3-10(9)14(15)16)11(7-13)4-1-5-11/h2-3,6H,1,4-5H2. The third kappa shape index (κ3) is 1.54. The predicted octanol–water partition coefficient (Wildman–Crippen LogP) is 3.19. The monoisotopic (exact) mass is 236 g/mol. The highest BCUT2D eigenvalue weighted by Crippen LogP contribution is 2.44. The summed E-state index contributed by atoms with van der Waals surface area (Å²) in [5, 5.41) is 19.8. The maximum absolute atomic E-state index is 10.6. The maximum atomic E-state index is 10.6. The van der Waals surface area contributed by atoms with Crippen LogP contribution in [0.3, 0.4) is 0 Å². The largest absolute Gasteiger partial charge is 0.287 e. The maximum Gasteiger partial charge on any atom is 0.287 e. The van der Waals surface area contributed by atoms with E-state index >= 15 is 0 Å². The van der Waals surface area contributed by atoms with Crippen LogP contribution >= 0.6 is 11.6 Å². The van der Waals surface area contributed by atoms with E-state index in [2.05, 4.69) is 6.07 Å². The molecule has 1 aliphatic rings. The summed E-state index contributed by atoms with van der Waals surface area (Å²) in [5.41, 5.74) is 0.202. The van der Waals surface area contributed by atoms with Crippen molar-refractivity contribution in [2.45, 2.75) is 24.7 Å². The fourth-order valence-electron chi connectivity index (χ4n) is 1.95. The molecule has 0 radical (unpaired) electrons. The number of nitriles is 1. The van der Waals surface area contributed by atoms with Gasteiger partial charge in [0, 0.05) is 6.07 Å². The molecule has 0 amide bonds. The van der Waals surface area contributed by atoms with Crippen molar-refractivity contribution in [1.29, 1.82) is 5.26 Å². The minimum Gasteiger partial charge on any atom is -0.258 e. The van der Waals surface area contributed by atoms with Crippen molar-refractivity contribution in [1.82, 2.24) is 0 Å². The van der Waals surface area contributed by atoms with Crippen molar-refractivity contribution in [2.24, 2.45) is 0 Å². The average molecular weight is 237 g/mol. The Labute approximate surface area is 97.6 Å². The number of nitro benzene ring substituents is 1. The Morgan fingerprint density at radius 1 is 1.50 bits per heavy atom. The first-order valence-corrected chi connectivity index (χ1v) is 5.32. The molecule has 1 aromatic rings. The topological polar surface area (TPSA) is 66.9 Å². The van der Waals surface area contributed by atoms with Gasteiger partial charge in [-0.05, 0) is 30.9 Å². The summed E-state index contributed by atoms with van der Waals surface area (Å²) in [6, 6.07) is 6.82. The lowest BCUT2D eigenvalue weighted by molar-refractivity contribution is -0.384. The van der Waals surface area contributed by atoms with Gasteiger partial charge in [0.15, 0.2) is 0 Å². The van der Waals surface area contributed by atoms with Crippen LogP contribution in [0, 0.1) is 21.4 Å². The summed E-state index contributed by atoms with van der Waals surface area (Å²) < 4.78 is 0. The van der Waals surface area contributed by atoms with Crippen LogP contribution in [0.15, 0.2) is 18.2 Å². The molecular formula is C11H9ClN2O2. The second-order valence-corrected chi connectivity index (χ2v) is 4.38. The Balaban J connectivity index is 2.42. The lowest BCUT2D eigenvalue weighted by Gasteiger charge is -2.35. The van der Waals surface area contributed by atoms with Crippen molar-refractivity contribution >= 4 is 17.3 Å². The van der Waals surface area contributed by atoms with Crippen LogP contribution in [0.25, 0.3) is 0 Å².